The van der Waals surface area contributed by atoms with Crippen LogP contribution in [-0.2, 0) is 4.79 Å². The standard InChI is InChI=1S/C14H21NO3S/c1-4-6-7-10(5-2)13(16)15-11-8-9(3)12(19-11)14(17)18/h8,10H,4-7H2,1-3H3,(H,15,16)(H,17,18). The number of hydrogen-bond acceptors (Lipinski definition) is 3. The van der Waals surface area contributed by atoms with E-state index >= 15 is 0 Å². The average molecular weight is 283 g/mol. The Labute approximate surface area is 117 Å². The topological polar surface area (TPSA) is 66.4 Å². The van der Waals surface area contributed by atoms with Gasteiger partial charge >= 0.3 is 5.97 Å². The first-order chi connectivity index (χ1) is 8.99. The van der Waals surface area contributed by atoms with Gasteiger partial charge in [-0.05, 0) is 31.4 Å². The Bertz CT molecular complexity index is 454. The Hall–Kier alpha value is -1.36. The predicted octanol–water partition coefficient (Wildman–Crippen LogP) is 3.91. The average Bonchev–Trinajstić information content (AvgIpc) is 2.71. The van der Waals surface area contributed by atoms with Crippen LogP contribution < -0.4 is 5.32 Å². The molecule has 1 aromatic rings. The van der Waals surface area contributed by atoms with E-state index in [0.717, 1.165) is 37.0 Å². The summed E-state index contributed by atoms with van der Waals surface area (Å²) in [5.74, 6) is -0.939. The molecule has 106 valence electrons. The Morgan fingerprint density at radius 2 is 2.11 bits per heavy atom. The molecule has 1 amide bonds. The number of carboxylic acid groups (broad SMARTS) is 1. The molecule has 5 heteroatoms. The quantitative estimate of drug-likeness (QED) is 0.797. The molecule has 0 radical (unpaired) electrons. The van der Waals surface area contributed by atoms with Gasteiger partial charge in [-0.1, -0.05) is 26.7 Å². The molecule has 4 nitrogen and oxygen atoms in total. The van der Waals surface area contributed by atoms with Crippen LogP contribution in [0.5, 0.6) is 0 Å². The fraction of sp³-hybridized carbons (Fsp3) is 0.571. The summed E-state index contributed by atoms with van der Waals surface area (Å²) in [4.78, 5) is 23.3. The second-order valence-electron chi connectivity index (χ2n) is 4.66. The molecular formula is C14H21NO3S. The Morgan fingerprint density at radius 1 is 1.42 bits per heavy atom. The zero-order chi connectivity index (χ0) is 14.4. The Kier molecular flexibility index (Phi) is 6.02. The van der Waals surface area contributed by atoms with Gasteiger partial charge < -0.3 is 10.4 Å². The summed E-state index contributed by atoms with van der Waals surface area (Å²) in [6.45, 7) is 5.85. The van der Waals surface area contributed by atoms with Gasteiger partial charge in [0.15, 0.2) is 0 Å². The molecule has 1 heterocycles. The molecule has 19 heavy (non-hydrogen) atoms. The third-order valence-electron chi connectivity index (χ3n) is 3.13. The second kappa shape index (κ2) is 7.28. The largest absolute Gasteiger partial charge is 0.477 e. The van der Waals surface area contributed by atoms with E-state index in [1.807, 2.05) is 6.92 Å². The van der Waals surface area contributed by atoms with Crippen LogP contribution in [0, 0.1) is 12.8 Å². The number of aryl methyl sites for hydroxylation is 1. The molecule has 1 rings (SSSR count). The molecule has 0 saturated heterocycles. The smallest absolute Gasteiger partial charge is 0.346 e. The fourth-order valence-electron chi connectivity index (χ4n) is 1.95. The number of nitrogens with one attached hydrogen (secondary N) is 1. The highest BCUT2D eigenvalue weighted by Gasteiger charge is 2.18. The molecular weight excluding hydrogens is 262 g/mol. The summed E-state index contributed by atoms with van der Waals surface area (Å²) in [5, 5.41) is 12.4. The molecule has 1 atom stereocenters. The number of aromatic carboxylic acids is 1. The molecule has 0 aliphatic rings. The number of carbonyl (C=O) groups is 2. The monoisotopic (exact) mass is 283 g/mol. The van der Waals surface area contributed by atoms with Gasteiger partial charge in [0.05, 0.1) is 5.00 Å². The molecule has 0 aromatic carbocycles. The molecule has 0 aliphatic carbocycles. The maximum absolute atomic E-state index is 12.1. The van der Waals surface area contributed by atoms with Gasteiger partial charge in [0.1, 0.15) is 4.88 Å². The number of carbonyl (C=O) groups excluding carboxylic acids is 1. The summed E-state index contributed by atoms with van der Waals surface area (Å²) in [6, 6.07) is 1.72. The highest BCUT2D eigenvalue weighted by molar-refractivity contribution is 7.18. The lowest BCUT2D eigenvalue weighted by Crippen LogP contribution is -2.21. The van der Waals surface area contributed by atoms with Gasteiger partial charge in [-0.25, -0.2) is 4.79 Å². The zero-order valence-electron chi connectivity index (χ0n) is 11.7. The van der Waals surface area contributed by atoms with Crippen LogP contribution in [0.3, 0.4) is 0 Å². The molecule has 0 fully saturated rings. The second-order valence-corrected chi connectivity index (χ2v) is 5.72. The van der Waals surface area contributed by atoms with E-state index in [-0.39, 0.29) is 16.7 Å². The number of rotatable bonds is 7. The van der Waals surface area contributed by atoms with Crippen LogP contribution >= 0.6 is 11.3 Å². The lowest BCUT2D eigenvalue weighted by atomic mass is 9.98. The first-order valence-electron chi connectivity index (χ1n) is 6.64. The number of hydrogen-bond donors (Lipinski definition) is 2. The number of unbranched alkanes of at least 4 members (excludes halogenated alkanes) is 1. The van der Waals surface area contributed by atoms with E-state index in [1.165, 1.54) is 0 Å². The molecule has 0 spiro atoms. The van der Waals surface area contributed by atoms with Crippen molar-refractivity contribution in [2.75, 3.05) is 5.32 Å². The minimum atomic E-state index is -0.943. The predicted molar refractivity (Wildman–Crippen MR) is 78.0 cm³/mol. The van der Waals surface area contributed by atoms with Gasteiger partial charge in [0, 0.05) is 5.92 Å². The molecule has 1 aromatic heterocycles. The van der Waals surface area contributed by atoms with Crippen LogP contribution in [0.15, 0.2) is 6.07 Å². The van der Waals surface area contributed by atoms with Crippen LogP contribution in [0.25, 0.3) is 0 Å². The van der Waals surface area contributed by atoms with Gasteiger partial charge in [0.25, 0.3) is 0 Å². The maximum Gasteiger partial charge on any atom is 0.346 e. The summed E-state index contributed by atoms with van der Waals surface area (Å²) in [5.41, 5.74) is 0.689. The molecule has 0 aliphatic heterocycles. The number of thiophene rings is 1. The summed E-state index contributed by atoms with van der Waals surface area (Å²) in [6.07, 6.45) is 3.80. The van der Waals surface area contributed by atoms with Crippen molar-refractivity contribution >= 4 is 28.2 Å². The Balaban J connectivity index is 2.70. The van der Waals surface area contributed by atoms with E-state index < -0.39 is 5.97 Å². The summed E-state index contributed by atoms with van der Waals surface area (Å²) >= 11 is 1.12. The van der Waals surface area contributed by atoms with E-state index in [1.54, 1.807) is 13.0 Å². The van der Waals surface area contributed by atoms with E-state index in [0.29, 0.717) is 10.6 Å². The minimum Gasteiger partial charge on any atom is -0.477 e. The van der Waals surface area contributed by atoms with Crippen molar-refractivity contribution in [1.82, 2.24) is 0 Å². The fourth-order valence-corrected chi connectivity index (χ4v) is 2.87. The molecule has 1 unspecified atom stereocenters. The van der Waals surface area contributed by atoms with Crippen molar-refractivity contribution < 1.29 is 14.7 Å². The minimum absolute atomic E-state index is 0.00543. The number of anilines is 1. The number of carboxylic acids is 1. The van der Waals surface area contributed by atoms with E-state index in [9.17, 15) is 9.59 Å². The van der Waals surface area contributed by atoms with E-state index in [2.05, 4.69) is 12.2 Å². The lowest BCUT2D eigenvalue weighted by molar-refractivity contribution is -0.120. The lowest BCUT2D eigenvalue weighted by Gasteiger charge is -2.13. The first kappa shape index (κ1) is 15.7. The highest BCUT2D eigenvalue weighted by Crippen LogP contribution is 2.27. The van der Waals surface area contributed by atoms with Crippen molar-refractivity contribution in [2.24, 2.45) is 5.92 Å². The van der Waals surface area contributed by atoms with Crippen molar-refractivity contribution in [3.05, 3.63) is 16.5 Å². The van der Waals surface area contributed by atoms with Gasteiger partial charge in [-0.15, -0.1) is 11.3 Å². The van der Waals surface area contributed by atoms with Crippen LogP contribution in [0.4, 0.5) is 5.00 Å². The molecule has 0 saturated carbocycles. The number of amides is 1. The third kappa shape index (κ3) is 4.35. The first-order valence-corrected chi connectivity index (χ1v) is 7.45. The van der Waals surface area contributed by atoms with Gasteiger partial charge in [-0.3, -0.25) is 4.79 Å². The zero-order valence-corrected chi connectivity index (χ0v) is 12.5. The van der Waals surface area contributed by atoms with Gasteiger partial charge in [-0.2, -0.15) is 0 Å². The highest BCUT2D eigenvalue weighted by atomic mass is 32.1. The summed E-state index contributed by atoms with van der Waals surface area (Å²) in [7, 11) is 0. The van der Waals surface area contributed by atoms with Crippen LogP contribution in [0.2, 0.25) is 0 Å². The Morgan fingerprint density at radius 3 is 2.58 bits per heavy atom. The molecule has 2 N–H and O–H groups in total. The normalized spacial score (nSPS) is 12.2. The van der Waals surface area contributed by atoms with Crippen molar-refractivity contribution in [2.45, 2.75) is 46.5 Å². The van der Waals surface area contributed by atoms with Crippen molar-refractivity contribution in [1.29, 1.82) is 0 Å². The maximum atomic E-state index is 12.1. The third-order valence-corrected chi connectivity index (χ3v) is 4.27. The van der Waals surface area contributed by atoms with Crippen molar-refractivity contribution in [3.63, 3.8) is 0 Å². The van der Waals surface area contributed by atoms with Crippen LogP contribution in [0.1, 0.15) is 54.8 Å². The SMILES string of the molecule is CCCCC(CC)C(=O)Nc1cc(C)c(C(=O)O)s1. The van der Waals surface area contributed by atoms with Crippen molar-refractivity contribution in [3.8, 4) is 0 Å². The summed E-state index contributed by atoms with van der Waals surface area (Å²) < 4.78 is 0. The molecule has 0 bridgehead atoms. The van der Waals surface area contributed by atoms with Crippen LogP contribution in [-0.4, -0.2) is 17.0 Å². The van der Waals surface area contributed by atoms with Gasteiger partial charge in [0.2, 0.25) is 5.91 Å². The van der Waals surface area contributed by atoms with E-state index in [4.69, 9.17) is 5.11 Å².